The fourth-order valence-corrected chi connectivity index (χ4v) is 3.59. The van der Waals surface area contributed by atoms with E-state index in [1.165, 1.54) is 0 Å². The van der Waals surface area contributed by atoms with Crippen LogP contribution in [-0.4, -0.2) is 43.5 Å². The van der Waals surface area contributed by atoms with Crippen molar-refractivity contribution in [1.29, 1.82) is 0 Å². The van der Waals surface area contributed by atoms with E-state index >= 15 is 0 Å². The van der Waals surface area contributed by atoms with E-state index in [1.807, 2.05) is 29.3 Å². The van der Waals surface area contributed by atoms with E-state index in [1.54, 1.807) is 24.5 Å². The first kappa shape index (κ1) is 17.5. The molecule has 0 spiro atoms. The molecule has 0 aromatic carbocycles. The largest absolute Gasteiger partial charge is 0.453 e. The Labute approximate surface area is 157 Å². The van der Waals surface area contributed by atoms with Gasteiger partial charge in [-0.25, -0.2) is 4.98 Å². The van der Waals surface area contributed by atoms with Gasteiger partial charge in [0.2, 0.25) is 0 Å². The molecule has 140 valence electrons. The smallest absolute Gasteiger partial charge is 0.289 e. The van der Waals surface area contributed by atoms with Gasteiger partial charge in [0, 0.05) is 37.6 Å². The van der Waals surface area contributed by atoms with Gasteiger partial charge in [0.15, 0.2) is 5.76 Å². The highest BCUT2D eigenvalue weighted by Crippen LogP contribution is 2.27. The normalized spacial score (nSPS) is 17.2. The van der Waals surface area contributed by atoms with Crippen molar-refractivity contribution in [2.45, 2.75) is 31.9 Å². The van der Waals surface area contributed by atoms with Gasteiger partial charge >= 0.3 is 0 Å². The van der Waals surface area contributed by atoms with E-state index in [4.69, 9.17) is 9.52 Å². The zero-order valence-corrected chi connectivity index (χ0v) is 15.0. The number of imidazole rings is 1. The third-order valence-electron chi connectivity index (χ3n) is 4.91. The molecule has 3 aromatic rings. The molecule has 0 unspecified atom stereocenters. The lowest BCUT2D eigenvalue weighted by atomic mass is 9.97. The highest BCUT2D eigenvalue weighted by atomic mass is 16.4. The minimum atomic E-state index is -0.207. The summed E-state index contributed by atoms with van der Waals surface area (Å²) in [4.78, 5) is 23.5. The number of aromatic nitrogens is 3. The van der Waals surface area contributed by atoms with E-state index < -0.39 is 0 Å². The lowest BCUT2D eigenvalue weighted by Crippen LogP contribution is -2.39. The highest BCUT2D eigenvalue weighted by Gasteiger charge is 2.29. The second kappa shape index (κ2) is 7.75. The fraction of sp³-hybridized carbons (Fsp3) is 0.350. The Hall–Kier alpha value is -2.93. The third-order valence-corrected chi connectivity index (χ3v) is 4.91. The summed E-state index contributed by atoms with van der Waals surface area (Å²) in [7, 11) is 0. The maximum atomic E-state index is 12.7. The molecular weight excluding hydrogens is 344 g/mol. The Morgan fingerprint density at radius 1 is 1.22 bits per heavy atom. The molecule has 0 aliphatic carbocycles. The van der Waals surface area contributed by atoms with Crippen molar-refractivity contribution in [3.05, 3.63) is 72.0 Å². The predicted molar refractivity (Wildman–Crippen MR) is 98.1 cm³/mol. The van der Waals surface area contributed by atoms with Gasteiger partial charge in [-0.15, -0.1) is 0 Å². The molecule has 1 aliphatic rings. The van der Waals surface area contributed by atoms with Gasteiger partial charge < -0.3 is 19.0 Å². The van der Waals surface area contributed by atoms with Crippen LogP contribution >= 0.6 is 0 Å². The maximum Gasteiger partial charge on any atom is 0.289 e. The van der Waals surface area contributed by atoms with Crippen LogP contribution in [0.15, 0.2) is 53.3 Å². The summed E-state index contributed by atoms with van der Waals surface area (Å²) >= 11 is 0. The molecule has 7 nitrogen and oxygen atoms in total. The van der Waals surface area contributed by atoms with Gasteiger partial charge in [0.05, 0.1) is 12.2 Å². The van der Waals surface area contributed by atoms with Crippen LogP contribution in [0.5, 0.6) is 0 Å². The minimum absolute atomic E-state index is 0.137. The first-order chi connectivity index (χ1) is 13.2. The van der Waals surface area contributed by atoms with Crippen LogP contribution in [0.1, 0.15) is 46.6 Å². The van der Waals surface area contributed by atoms with Gasteiger partial charge in [-0.1, -0.05) is 6.07 Å². The summed E-state index contributed by atoms with van der Waals surface area (Å²) in [5, 5.41) is 9.13. The third kappa shape index (κ3) is 3.78. The second-order valence-electron chi connectivity index (χ2n) is 6.75. The maximum absolute atomic E-state index is 12.7. The van der Waals surface area contributed by atoms with Gasteiger partial charge in [-0.05, 0) is 37.1 Å². The molecule has 1 N–H and O–H groups in total. The Morgan fingerprint density at radius 2 is 2.15 bits per heavy atom. The number of hydrogen-bond donors (Lipinski definition) is 1. The summed E-state index contributed by atoms with van der Waals surface area (Å²) in [5.74, 6) is 1.69. The van der Waals surface area contributed by atoms with Crippen molar-refractivity contribution >= 4 is 5.91 Å². The number of carbonyl (C=O) groups is 1. The van der Waals surface area contributed by atoms with Gasteiger partial charge in [0.1, 0.15) is 18.2 Å². The number of amides is 1. The molecule has 1 aliphatic heterocycles. The molecule has 1 saturated heterocycles. The zero-order valence-electron chi connectivity index (χ0n) is 15.0. The molecule has 4 heterocycles. The van der Waals surface area contributed by atoms with Crippen molar-refractivity contribution in [3.63, 3.8) is 0 Å². The van der Waals surface area contributed by atoms with E-state index in [2.05, 4.69) is 14.5 Å². The van der Waals surface area contributed by atoms with Gasteiger partial charge in [-0.3, -0.25) is 9.78 Å². The molecule has 7 heteroatoms. The summed E-state index contributed by atoms with van der Waals surface area (Å²) in [6.07, 6.45) is 7.46. The number of furan rings is 1. The van der Waals surface area contributed by atoms with Crippen LogP contribution in [-0.2, 0) is 13.2 Å². The standard InChI is InChI=1S/C20H22N4O3/c25-14-17-6-7-18(27-17)20(26)24-10-3-4-15(12-24)19-22-9-11-23(19)13-16-5-1-2-8-21-16/h1-2,5-9,11,15,25H,3-4,10,12-14H2/t15-/m1/s1. The molecule has 1 fully saturated rings. The van der Waals surface area contributed by atoms with Crippen molar-refractivity contribution in [2.24, 2.45) is 0 Å². The van der Waals surface area contributed by atoms with Gasteiger partial charge in [0.25, 0.3) is 5.91 Å². The first-order valence-electron chi connectivity index (χ1n) is 9.14. The van der Waals surface area contributed by atoms with Crippen LogP contribution in [0.25, 0.3) is 0 Å². The van der Waals surface area contributed by atoms with Crippen molar-refractivity contribution in [1.82, 2.24) is 19.4 Å². The topological polar surface area (TPSA) is 84.4 Å². The van der Waals surface area contributed by atoms with Crippen LogP contribution in [0.3, 0.4) is 0 Å². The number of piperidine rings is 1. The van der Waals surface area contributed by atoms with E-state index in [-0.39, 0.29) is 24.2 Å². The first-order valence-corrected chi connectivity index (χ1v) is 9.14. The number of rotatable bonds is 5. The highest BCUT2D eigenvalue weighted by molar-refractivity contribution is 5.91. The lowest BCUT2D eigenvalue weighted by Gasteiger charge is -2.32. The minimum Gasteiger partial charge on any atom is -0.453 e. The summed E-state index contributed by atoms with van der Waals surface area (Å²) in [5.41, 5.74) is 0.979. The Kier molecular flexibility index (Phi) is 5.02. The SMILES string of the molecule is O=C(c1ccc(CO)o1)N1CCC[C@@H](c2nccn2Cc2ccccn2)C1. The molecule has 0 saturated carbocycles. The Bertz CT molecular complexity index is 903. The van der Waals surface area contributed by atoms with E-state index in [0.717, 1.165) is 24.4 Å². The molecule has 1 amide bonds. The van der Waals surface area contributed by atoms with E-state index in [9.17, 15) is 4.79 Å². The fourth-order valence-electron chi connectivity index (χ4n) is 3.59. The number of hydrogen-bond acceptors (Lipinski definition) is 5. The van der Waals surface area contributed by atoms with Crippen LogP contribution in [0, 0.1) is 0 Å². The summed E-state index contributed by atoms with van der Waals surface area (Å²) < 4.78 is 7.52. The average Bonchev–Trinajstić information content (AvgIpc) is 3.38. The lowest BCUT2D eigenvalue weighted by molar-refractivity contribution is 0.0666. The second-order valence-corrected chi connectivity index (χ2v) is 6.75. The number of likely N-dealkylation sites (tertiary alicyclic amines) is 1. The number of aliphatic hydroxyl groups is 1. The van der Waals surface area contributed by atoms with Crippen molar-refractivity contribution in [2.75, 3.05) is 13.1 Å². The molecule has 3 aromatic heterocycles. The molecule has 0 radical (unpaired) electrons. The number of carbonyl (C=O) groups excluding carboxylic acids is 1. The monoisotopic (exact) mass is 366 g/mol. The molecule has 4 rings (SSSR count). The number of pyridine rings is 1. The van der Waals surface area contributed by atoms with Crippen molar-refractivity contribution < 1.29 is 14.3 Å². The number of nitrogens with zero attached hydrogens (tertiary/aromatic N) is 4. The molecule has 1 atom stereocenters. The van der Waals surface area contributed by atoms with Crippen LogP contribution < -0.4 is 0 Å². The Balaban J connectivity index is 1.49. The number of aliphatic hydroxyl groups excluding tert-OH is 1. The van der Waals surface area contributed by atoms with Gasteiger partial charge in [-0.2, -0.15) is 0 Å². The summed E-state index contributed by atoms with van der Waals surface area (Å²) in [6.45, 7) is 1.76. The van der Waals surface area contributed by atoms with E-state index in [0.29, 0.717) is 25.4 Å². The quantitative estimate of drug-likeness (QED) is 0.750. The summed E-state index contributed by atoms with van der Waals surface area (Å²) in [6, 6.07) is 9.13. The average molecular weight is 366 g/mol. The Morgan fingerprint density at radius 3 is 2.93 bits per heavy atom. The zero-order chi connectivity index (χ0) is 18.6. The van der Waals surface area contributed by atoms with Crippen LogP contribution in [0.4, 0.5) is 0 Å². The molecule has 27 heavy (non-hydrogen) atoms. The van der Waals surface area contributed by atoms with Crippen molar-refractivity contribution in [3.8, 4) is 0 Å². The van der Waals surface area contributed by atoms with Crippen LogP contribution in [0.2, 0.25) is 0 Å². The predicted octanol–water partition coefficient (Wildman–Crippen LogP) is 2.43. The molecule has 0 bridgehead atoms. The molecular formula is C20H22N4O3.